The van der Waals surface area contributed by atoms with E-state index < -0.39 is 0 Å². The molecule has 2 heteroatoms. The van der Waals surface area contributed by atoms with Gasteiger partial charge in [0.2, 0.25) is 0 Å². The van der Waals surface area contributed by atoms with Crippen molar-refractivity contribution in [3.05, 3.63) is 42.0 Å². The van der Waals surface area contributed by atoms with Crippen LogP contribution >= 0.6 is 12.6 Å². The van der Waals surface area contributed by atoms with E-state index in [4.69, 9.17) is 4.74 Å². The molecule has 0 fully saturated rings. The van der Waals surface area contributed by atoms with Crippen molar-refractivity contribution < 1.29 is 4.74 Å². The Hall–Kier alpha value is -0.730. The second kappa shape index (κ2) is 10.1. The summed E-state index contributed by atoms with van der Waals surface area (Å²) in [6.45, 7) is 5.97. The molecule has 0 bridgehead atoms. The quantitative estimate of drug-likeness (QED) is 0.459. The second-order valence-electron chi connectivity index (χ2n) is 5.49. The summed E-state index contributed by atoms with van der Waals surface area (Å²) in [6, 6.07) is 10.3. The molecule has 112 valence electrons. The molecule has 0 N–H and O–H groups in total. The lowest BCUT2D eigenvalue weighted by Gasteiger charge is -2.31. The van der Waals surface area contributed by atoms with Crippen molar-refractivity contribution in [1.29, 1.82) is 0 Å². The van der Waals surface area contributed by atoms with E-state index in [0.717, 1.165) is 12.4 Å². The monoisotopic (exact) mass is 292 g/mol. The Kier molecular flexibility index (Phi) is 8.72. The number of benzene rings is 1. The maximum absolute atomic E-state index is 5.88. The minimum atomic E-state index is 0.257. The summed E-state index contributed by atoms with van der Waals surface area (Å²) in [5.41, 5.74) is 1.48. The van der Waals surface area contributed by atoms with Gasteiger partial charge in [-0.05, 0) is 24.2 Å². The van der Waals surface area contributed by atoms with Crippen LogP contribution in [-0.2, 0) is 4.74 Å². The molecule has 0 atom stereocenters. The highest BCUT2D eigenvalue weighted by Crippen LogP contribution is 2.31. The van der Waals surface area contributed by atoms with Gasteiger partial charge in [-0.3, -0.25) is 0 Å². The summed E-state index contributed by atoms with van der Waals surface area (Å²) in [5, 5.41) is 0. The molecule has 20 heavy (non-hydrogen) atoms. The van der Waals surface area contributed by atoms with Gasteiger partial charge in [-0.2, -0.15) is 12.6 Å². The molecule has 0 saturated carbocycles. The number of ether oxygens (including phenoxy) is 1. The van der Waals surface area contributed by atoms with E-state index in [1.807, 2.05) is 6.07 Å². The summed E-state index contributed by atoms with van der Waals surface area (Å²) in [4.78, 5) is 0. The van der Waals surface area contributed by atoms with Gasteiger partial charge in [0.15, 0.2) is 0 Å². The summed E-state index contributed by atoms with van der Waals surface area (Å²) in [6.07, 6.45) is 9.01. The first-order valence-electron chi connectivity index (χ1n) is 7.66. The van der Waals surface area contributed by atoms with Gasteiger partial charge < -0.3 is 4.74 Å². The maximum atomic E-state index is 5.88. The molecule has 0 saturated heterocycles. The standard InChI is InChI=1S/C18H28OS/c1-3-12-18(16-20,13-4-2)15-19-14-8-11-17-9-6-5-7-10-17/h5-11,20H,3-4,12-16H2,1-2H3/b11-8+. The second-order valence-corrected chi connectivity index (χ2v) is 5.80. The minimum absolute atomic E-state index is 0.257. The number of rotatable bonds is 10. The highest BCUT2D eigenvalue weighted by molar-refractivity contribution is 7.80. The molecule has 0 aliphatic rings. The third-order valence-electron chi connectivity index (χ3n) is 3.63. The van der Waals surface area contributed by atoms with E-state index in [9.17, 15) is 0 Å². The molecular weight excluding hydrogens is 264 g/mol. The van der Waals surface area contributed by atoms with E-state index >= 15 is 0 Å². The van der Waals surface area contributed by atoms with Gasteiger partial charge >= 0.3 is 0 Å². The van der Waals surface area contributed by atoms with Crippen molar-refractivity contribution in [3.63, 3.8) is 0 Å². The third kappa shape index (κ3) is 6.15. The average Bonchev–Trinajstić information content (AvgIpc) is 2.48. The van der Waals surface area contributed by atoms with Gasteiger partial charge in [0.25, 0.3) is 0 Å². The van der Waals surface area contributed by atoms with Gasteiger partial charge in [-0.15, -0.1) is 0 Å². The number of hydrogen-bond acceptors (Lipinski definition) is 2. The molecule has 1 aromatic rings. The van der Waals surface area contributed by atoms with Crippen LogP contribution in [0.1, 0.15) is 45.1 Å². The molecule has 0 amide bonds. The van der Waals surface area contributed by atoms with E-state index in [1.54, 1.807) is 0 Å². The van der Waals surface area contributed by atoms with Crippen molar-refractivity contribution in [3.8, 4) is 0 Å². The molecule has 0 aliphatic heterocycles. The fourth-order valence-electron chi connectivity index (χ4n) is 2.63. The van der Waals surface area contributed by atoms with Gasteiger partial charge in [0, 0.05) is 5.41 Å². The first kappa shape index (κ1) is 17.3. The van der Waals surface area contributed by atoms with Crippen molar-refractivity contribution in [2.45, 2.75) is 39.5 Å². The SMILES string of the molecule is CCCC(CS)(CCC)COC/C=C/c1ccccc1. The Labute approximate surface area is 129 Å². The average molecular weight is 292 g/mol. The van der Waals surface area contributed by atoms with Gasteiger partial charge in [0.05, 0.1) is 13.2 Å². The molecule has 0 heterocycles. The fraction of sp³-hybridized carbons (Fsp3) is 0.556. The van der Waals surface area contributed by atoms with E-state index in [1.165, 1.54) is 31.2 Å². The summed E-state index contributed by atoms with van der Waals surface area (Å²) >= 11 is 4.55. The lowest BCUT2D eigenvalue weighted by molar-refractivity contribution is 0.0611. The minimum Gasteiger partial charge on any atom is -0.377 e. The zero-order valence-electron chi connectivity index (χ0n) is 12.8. The molecule has 0 spiro atoms. The smallest absolute Gasteiger partial charge is 0.0650 e. The van der Waals surface area contributed by atoms with Crippen LogP contribution in [0.5, 0.6) is 0 Å². The van der Waals surface area contributed by atoms with E-state index in [0.29, 0.717) is 6.61 Å². The Morgan fingerprint density at radius 1 is 1.10 bits per heavy atom. The molecule has 1 rings (SSSR count). The number of thiol groups is 1. The van der Waals surface area contributed by atoms with Gasteiger partial charge in [0.1, 0.15) is 0 Å². The van der Waals surface area contributed by atoms with E-state index in [-0.39, 0.29) is 5.41 Å². The highest BCUT2D eigenvalue weighted by Gasteiger charge is 2.26. The number of hydrogen-bond donors (Lipinski definition) is 1. The Morgan fingerprint density at radius 2 is 1.75 bits per heavy atom. The zero-order valence-corrected chi connectivity index (χ0v) is 13.7. The van der Waals surface area contributed by atoms with Crippen LogP contribution in [0.3, 0.4) is 0 Å². The van der Waals surface area contributed by atoms with Gasteiger partial charge in [-0.1, -0.05) is 69.2 Å². The Morgan fingerprint density at radius 3 is 2.30 bits per heavy atom. The van der Waals surface area contributed by atoms with E-state index in [2.05, 4.69) is 62.9 Å². The summed E-state index contributed by atoms with van der Waals surface area (Å²) in [7, 11) is 0. The van der Waals surface area contributed by atoms with Crippen LogP contribution < -0.4 is 0 Å². The Bertz CT molecular complexity index is 366. The fourth-order valence-corrected chi connectivity index (χ4v) is 3.03. The maximum Gasteiger partial charge on any atom is 0.0650 e. The van der Waals surface area contributed by atoms with Crippen LogP contribution in [0.25, 0.3) is 6.08 Å². The van der Waals surface area contributed by atoms with Crippen LogP contribution in [0.4, 0.5) is 0 Å². The topological polar surface area (TPSA) is 9.23 Å². The van der Waals surface area contributed by atoms with Crippen LogP contribution in [-0.4, -0.2) is 19.0 Å². The lowest BCUT2D eigenvalue weighted by Crippen LogP contribution is -2.29. The molecule has 0 aromatic heterocycles. The van der Waals surface area contributed by atoms with Crippen LogP contribution in [0, 0.1) is 5.41 Å². The largest absolute Gasteiger partial charge is 0.377 e. The lowest BCUT2D eigenvalue weighted by atomic mass is 9.82. The Balaban J connectivity index is 2.38. The molecular formula is C18H28OS. The summed E-state index contributed by atoms with van der Waals surface area (Å²) < 4.78 is 5.88. The predicted octanol–water partition coefficient (Wildman–Crippen LogP) is 5.23. The molecule has 0 unspecified atom stereocenters. The van der Waals surface area contributed by atoms with Gasteiger partial charge in [-0.25, -0.2) is 0 Å². The first-order valence-corrected chi connectivity index (χ1v) is 8.30. The van der Waals surface area contributed by atoms with Crippen LogP contribution in [0.2, 0.25) is 0 Å². The summed E-state index contributed by atoms with van der Waals surface area (Å²) in [5.74, 6) is 0.914. The van der Waals surface area contributed by atoms with Crippen LogP contribution in [0.15, 0.2) is 36.4 Å². The molecule has 0 radical (unpaired) electrons. The first-order chi connectivity index (χ1) is 9.76. The van der Waals surface area contributed by atoms with Crippen molar-refractivity contribution in [2.24, 2.45) is 5.41 Å². The predicted molar refractivity (Wildman–Crippen MR) is 92.4 cm³/mol. The molecule has 0 aliphatic carbocycles. The molecule has 1 aromatic carbocycles. The van der Waals surface area contributed by atoms with Crippen molar-refractivity contribution in [2.75, 3.05) is 19.0 Å². The third-order valence-corrected chi connectivity index (χ3v) is 4.30. The van der Waals surface area contributed by atoms with Crippen molar-refractivity contribution >= 4 is 18.7 Å². The highest BCUT2D eigenvalue weighted by atomic mass is 32.1. The molecule has 1 nitrogen and oxygen atoms in total. The zero-order chi connectivity index (χ0) is 14.7. The van der Waals surface area contributed by atoms with Crippen molar-refractivity contribution in [1.82, 2.24) is 0 Å². The normalized spacial score (nSPS) is 12.2.